The maximum absolute atomic E-state index is 6.06. The lowest BCUT2D eigenvalue weighted by molar-refractivity contribution is -0.162. The largest absolute Gasteiger partial charge is 0.375 e. The van der Waals surface area contributed by atoms with Gasteiger partial charge < -0.3 is 14.2 Å². The first-order chi connectivity index (χ1) is 7.42. The van der Waals surface area contributed by atoms with Crippen molar-refractivity contribution in [1.82, 2.24) is 0 Å². The molecule has 3 nitrogen and oxygen atoms in total. The van der Waals surface area contributed by atoms with E-state index in [1.807, 2.05) is 0 Å². The Balaban J connectivity index is 1.80. The Morgan fingerprint density at radius 2 is 1.47 bits per heavy atom. The van der Waals surface area contributed by atoms with Crippen LogP contribution < -0.4 is 0 Å². The van der Waals surface area contributed by atoms with Crippen LogP contribution in [-0.2, 0) is 14.2 Å². The van der Waals surface area contributed by atoms with Crippen molar-refractivity contribution < 1.29 is 14.2 Å². The molecule has 86 valence electrons. The van der Waals surface area contributed by atoms with E-state index < -0.39 is 0 Å². The maximum atomic E-state index is 6.06. The maximum Gasteiger partial charge on any atom is 0.120 e. The highest BCUT2D eigenvalue weighted by Gasteiger charge is 2.52. The Kier molecular flexibility index (Phi) is 2.71. The molecule has 0 amide bonds. The van der Waals surface area contributed by atoms with Crippen molar-refractivity contribution in [2.45, 2.75) is 56.3 Å². The molecule has 1 unspecified atom stereocenters. The van der Waals surface area contributed by atoms with Crippen LogP contribution in [0.25, 0.3) is 0 Å². The molecule has 3 heteroatoms. The molecule has 0 aromatic carbocycles. The molecular weight excluding hydrogens is 192 g/mol. The highest BCUT2D eigenvalue weighted by atomic mass is 16.6. The van der Waals surface area contributed by atoms with E-state index >= 15 is 0 Å². The zero-order chi connectivity index (χ0) is 10.1. The summed E-state index contributed by atoms with van der Waals surface area (Å²) in [6, 6.07) is 0. The molecule has 0 N–H and O–H groups in total. The van der Waals surface area contributed by atoms with Gasteiger partial charge in [-0.3, -0.25) is 0 Å². The van der Waals surface area contributed by atoms with E-state index in [-0.39, 0.29) is 5.60 Å². The Labute approximate surface area is 91.1 Å². The highest BCUT2D eigenvalue weighted by molar-refractivity contribution is 5.01. The molecule has 0 aromatic heterocycles. The van der Waals surface area contributed by atoms with Crippen LogP contribution in [0.3, 0.4) is 0 Å². The molecule has 0 bridgehead atoms. The van der Waals surface area contributed by atoms with Crippen molar-refractivity contribution in [2.24, 2.45) is 0 Å². The first kappa shape index (κ1) is 10.1. The van der Waals surface area contributed by atoms with Gasteiger partial charge >= 0.3 is 0 Å². The van der Waals surface area contributed by atoms with Crippen LogP contribution >= 0.6 is 0 Å². The summed E-state index contributed by atoms with van der Waals surface area (Å²) in [6.45, 7) is 2.70. The molecule has 3 rings (SSSR count). The van der Waals surface area contributed by atoms with E-state index in [0.717, 1.165) is 39.1 Å². The predicted octanol–water partition coefficient (Wildman–Crippen LogP) is 1.89. The van der Waals surface area contributed by atoms with Crippen LogP contribution in [-0.4, -0.2) is 37.6 Å². The van der Waals surface area contributed by atoms with Gasteiger partial charge in [0.25, 0.3) is 0 Å². The van der Waals surface area contributed by atoms with Crippen molar-refractivity contribution in [3.05, 3.63) is 0 Å². The first-order valence-corrected chi connectivity index (χ1v) is 6.29. The Bertz CT molecular complexity index is 193. The fraction of sp³-hybridized carbons (Fsp3) is 1.00. The van der Waals surface area contributed by atoms with E-state index in [0.29, 0.717) is 12.2 Å². The van der Waals surface area contributed by atoms with E-state index in [4.69, 9.17) is 14.2 Å². The summed E-state index contributed by atoms with van der Waals surface area (Å²) >= 11 is 0. The molecule has 0 aromatic rings. The van der Waals surface area contributed by atoms with E-state index in [1.54, 1.807) is 0 Å². The lowest BCUT2D eigenvalue weighted by Crippen LogP contribution is -2.51. The summed E-state index contributed by atoms with van der Waals surface area (Å²) < 4.78 is 17.8. The van der Waals surface area contributed by atoms with Gasteiger partial charge in [-0.05, 0) is 38.5 Å². The summed E-state index contributed by atoms with van der Waals surface area (Å²) in [4.78, 5) is 0. The van der Waals surface area contributed by atoms with Gasteiger partial charge in [0.05, 0.1) is 12.2 Å². The molecule has 0 radical (unpaired) electrons. The number of hydrogen-bond acceptors (Lipinski definition) is 3. The molecule has 3 fully saturated rings. The van der Waals surface area contributed by atoms with Gasteiger partial charge in [-0.15, -0.1) is 0 Å². The van der Waals surface area contributed by atoms with Crippen LogP contribution in [0.5, 0.6) is 0 Å². The van der Waals surface area contributed by atoms with Crippen molar-refractivity contribution in [3.63, 3.8) is 0 Å². The fourth-order valence-electron chi connectivity index (χ4n) is 3.32. The third kappa shape index (κ3) is 1.61. The Morgan fingerprint density at radius 1 is 0.800 bits per heavy atom. The number of ether oxygens (including phenoxy) is 3. The quantitative estimate of drug-likeness (QED) is 0.699. The van der Waals surface area contributed by atoms with Crippen LogP contribution in [0.4, 0.5) is 0 Å². The first-order valence-electron chi connectivity index (χ1n) is 6.29. The standard InChI is InChI=1S/C12H20O3/c1-4-10(13-7-1)12(6-3-9-15-12)11-5-2-8-14-11/h10-11H,1-9H2/t10-,11+,12?. The second kappa shape index (κ2) is 4.04. The minimum absolute atomic E-state index is 0.0903. The van der Waals surface area contributed by atoms with Crippen LogP contribution in [0.2, 0.25) is 0 Å². The second-order valence-corrected chi connectivity index (χ2v) is 4.91. The molecular formula is C12H20O3. The van der Waals surface area contributed by atoms with Gasteiger partial charge in [0, 0.05) is 19.8 Å². The van der Waals surface area contributed by atoms with Gasteiger partial charge in [-0.1, -0.05) is 0 Å². The summed E-state index contributed by atoms with van der Waals surface area (Å²) in [6.07, 6.45) is 7.55. The average Bonchev–Trinajstić information content (AvgIpc) is 3.02. The lowest BCUT2D eigenvalue weighted by Gasteiger charge is -2.38. The third-order valence-electron chi connectivity index (χ3n) is 4.03. The molecule has 15 heavy (non-hydrogen) atoms. The monoisotopic (exact) mass is 212 g/mol. The van der Waals surface area contributed by atoms with Gasteiger partial charge in [0.1, 0.15) is 5.60 Å². The van der Waals surface area contributed by atoms with Crippen molar-refractivity contribution in [3.8, 4) is 0 Å². The Morgan fingerprint density at radius 3 is 1.87 bits per heavy atom. The van der Waals surface area contributed by atoms with Gasteiger partial charge in [-0.25, -0.2) is 0 Å². The molecule has 3 saturated heterocycles. The topological polar surface area (TPSA) is 27.7 Å². The number of rotatable bonds is 2. The summed E-state index contributed by atoms with van der Waals surface area (Å²) in [5.41, 5.74) is -0.0903. The van der Waals surface area contributed by atoms with Crippen LogP contribution in [0, 0.1) is 0 Å². The van der Waals surface area contributed by atoms with Crippen molar-refractivity contribution >= 4 is 0 Å². The predicted molar refractivity (Wildman–Crippen MR) is 55.9 cm³/mol. The van der Waals surface area contributed by atoms with E-state index in [2.05, 4.69) is 0 Å². The van der Waals surface area contributed by atoms with Crippen LogP contribution in [0.1, 0.15) is 38.5 Å². The SMILES string of the molecule is C1CO[C@H](C2([C@H]3CCCO3)CCCO2)C1. The minimum Gasteiger partial charge on any atom is -0.375 e. The normalized spacial score (nSPS) is 46.4. The van der Waals surface area contributed by atoms with Gasteiger partial charge in [0.2, 0.25) is 0 Å². The minimum atomic E-state index is -0.0903. The molecule has 3 atom stereocenters. The van der Waals surface area contributed by atoms with Gasteiger partial charge in [0.15, 0.2) is 0 Å². The molecule has 0 saturated carbocycles. The van der Waals surface area contributed by atoms with E-state index in [1.165, 1.54) is 19.3 Å². The highest BCUT2D eigenvalue weighted by Crippen LogP contribution is 2.42. The molecule has 3 aliphatic rings. The zero-order valence-corrected chi connectivity index (χ0v) is 9.24. The molecule has 0 aliphatic carbocycles. The summed E-state index contributed by atoms with van der Waals surface area (Å²) in [7, 11) is 0. The molecule has 3 heterocycles. The lowest BCUT2D eigenvalue weighted by atomic mass is 9.84. The average molecular weight is 212 g/mol. The van der Waals surface area contributed by atoms with E-state index in [9.17, 15) is 0 Å². The summed E-state index contributed by atoms with van der Waals surface area (Å²) in [5, 5.41) is 0. The smallest absolute Gasteiger partial charge is 0.120 e. The molecule has 0 spiro atoms. The molecule has 3 aliphatic heterocycles. The van der Waals surface area contributed by atoms with Crippen molar-refractivity contribution in [1.29, 1.82) is 0 Å². The Hall–Kier alpha value is -0.120. The van der Waals surface area contributed by atoms with Gasteiger partial charge in [-0.2, -0.15) is 0 Å². The number of hydrogen-bond donors (Lipinski definition) is 0. The second-order valence-electron chi connectivity index (χ2n) is 4.91. The summed E-state index contributed by atoms with van der Waals surface area (Å²) in [5.74, 6) is 0. The van der Waals surface area contributed by atoms with Crippen molar-refractivity contribution in [2.75, 3.05) is 19.8 Å². The fourth-order valence-corrected chi connectivity index (χ4v) is 3.32. The third-order valence-corrected chi connectivity index (χ3v) is 4.03. The van der Waals surface area contributed by atoms with Crippen LogP contribution in [0.15, 0.2) is 0 Å². The zero-order valence-electron chi connectivity index (χ0n) is 9.24.